The highest BCUT2D eigenvalue weighted by Gasteiger charge is 2.10. The van der Waals surface area contributed by atoms with Crippen molar-refractivity contribution >= 4 is 5.84 Å². The Kier molecular flexibility index (Phi) is 5.30. The lowest BCUT2D eigenvalue weighted by atomic mass is 10.1. The van der Waals surface area contributed by atoms with Crippen molar-refractivity contribution in [2.24, 2.45) is 10.9 Å². The quantitative estimate of drug-likeness (QED) is 0.352. The van der Waals surface area contributed by atoms with Crippen molar-refractivity contribution in [2.45, 2.75) is 32.8 Å². The number of nitrogens with two attached hydrogens (primary N) is 1. The maximum atomic E-state index is 8.70. The van der Waals surface area contributed by atoms with Crippen LogP contribution in [0.25, 0.3) is 0 Å². The van der Waals surface area contributed by atoms with Crippen LogP contribution in [-0.4, -0.2) is 24.3 Å². The van der Waals surface area contributed by atoms with E-state index in [1.807, 2.05) is 0 Å². The monoisotopic (exact) mass is 252 g/mol. The SMILES string of the molecule is CCC(CC)Oc1cc(OC)cc(/C(N)=N/O)c1. The molecule has 1 aromatic carbocycles. The third-order valence-electron chi connectivity index (χ3n) is 2.73. The molecule has 18 heavy (non-hydrogen) atoms. The molecule has 0 spiro atoms. The fraction of sp³-hybridized carbons (Fsp3) is 0.462. The van der Waals surface area contributed by atoms with Crippen molar-refractivity contribution in [1.82, 2.24) is 0 Å². The smallest absolute Gasteiger partial charge is 0.170 e. The number of nitrogens with zero attached hydrogens (tertiary/aromatic N) is 1. The fourth-order valence-corrected chi connectivity index (χ4v) is 1.61. The standard InChI is InChI=1S/C13H20N2O3/c1-4-10(5-2)18-12-7-9(13(14)15-16)6-11(8-12)17-3/h6-8,10,16H,4-5H2,1-3H3,(H2,14,15). The summed E-state index contributed by atoms with van der Waals surface area (Å²) < 4.78 is 11.0. The van der Waals surface area contributed by atoms with Gasteiger partial charge in [-0.3, -0.25) is 0 Å². The summed E-state index contributed by atoms with van der Waals surface area (Å²) in [5.41, 5.74) is 6.14. The molecule has 0 amide bonds. The Morgan fingerprint density at radius 2 is 1.89 bits per heavy atom. The molecule has 100 valence electrons. The molecule has 0 atom stereocenters. The van der Waals surface area contributed by atoms with E-state index in [1.54, 1.807) is 25.3 Å². The van der Waals surface area contributed by atoms with Crippen LogP contribution in [0.4, 0.5) is 0 Å². The molecule has 0 heterocycles. The van der Waals surface area contributed by atoms with Gasteiger partial charge in [0.25, 0.3) is 0 Å². The van der Waals surface area contributed by atoms with Crippen LogP contribution in [0.5, 0.6) is 11.5 Å². The molecule has 1 aromatic rings. The first-order valence-corrected chi connectivity index (χ1v) is 5.98. The summed E-state index contributed by atoms with van der Waals surface area (Å²) in [6.07, 6.45) is 2.00. The lowest BCUT2D eigenvalue weighted by Gasteiger charge is -2.17. The summed E-state index contributed by atoms with van der Waals surface area (Å²) in [5, 5.41) is 11.7. The highest BCUT2D eigenvalue weighted by molar-refractivity contribution is 5.97. The Labute approximate surface area is 107 Å². The van der Waals surface area contributed by atoms with Gasteiger partial charge < -0.3 is 20.4 Å². The molecule has 5 nitrogen and oxygen atoms in total. The largest absolute Gasteiger partial charge is 0.497 e. The van der Waals surface area contributed by atoms with E-state index in [9.17, 15) is 0 Å². The van der Waals surface area contributed by atoms with Crippen LogP contribution in [0.2, 0.25) is 0 Å². The molecule has 0 saturated carbocycles. The topological polar surface area (TPSA) is 77.1 Å². The van der Waals surface area contributed by atoms with Crippen molar-refractivity contribution in [3.05, 3.63) is 23.8 Å². The van der Waals surface area contributed by atoms with E-state index >= 15 is 0 Å². The van der Waals surface area contributed by atoms with Crippen molar-refractivity contribution in [1.29, 1.82) is 0 Å². The van der Waals surface area contributed by atoms with Gasteiger partial charge >= 0.3 is 0 Å². The Balaban J connectivity index is 3.04. The first-order valence-electron chi connectivity index (χ1n) is 5.98. The normalized spacial score (nSPS) is 11.7. The molecule has 0 saturated heterocycles. The van der Waals surface area contributed by atoms with E-state index < -0.39 is 0 Å². The van der Waals surface area contributed by atoms with Crippen LogP contribution in [0.3, 0.4) is 0 Å². The van der Waals surface area contributed by atoms with E-state index in [0.717, 1.165) is 12.8 Å². The first-order chi connectivity index (χ1) is 8.64. The summed E-state index contributed by atoms with van der Waals surface area (Å²) in [6.45, 7) is 4.14. The molecule has 1 rings (SSSR count). The number of methoxy groups -OCH3 is 1. The lowest BCUT2D eigenvalue weighted by Crippen LogP contribution is -2.16. The average molecular weight is 252 g/mol. The highest BCUT2D eigenvalue weighted by atomic mass is 16.5. The molecule has 0 bridgehead atoms. The minimum atomic E-state index is 0.0308. The summed E-state index contributed by atoms with van der Waals surface area (Å²) in [6, 6.07) is 5.21. The predicted octanol–water partition coefficient (Wildman–Crippen LogP) is 2.36. The molecule has 0 aliphatic carbocycles. The number of ether oxygens (including phenoxy) is 2. The third kappa shape index (κ3) is 3.55. The third-order valence-corrected chi connectivity index (χ3v) is 2.73. The van der Waals surface area contributed by atoms with Crippen LogP contribution >= 0.6 is 0 Å². The number of benzene rings is 1. The Morgan fingerprint density at radius 1 is 1.28 bits per heavy atom. The maximum absolute atomic E-state index is 8.70. The predicted molar refractivity (Wildman–Crippen MR) is 70.5 cm³/mol. The molecular formula is C13H20N2O3. The lowest BCUT2D eigenvalue weighted by molar-refractivity contribution is 0.192. The summed E-state index contributed by atoms with van der Waals surface area (Å²) >= 11 is 0. The van der Waals surface area contributed by atoms with Gasteiger partial charge in [0.15, 0.2) is 5.84 Å². The molecular weight excluding hydrogens is 232 g/mol. The van der Waals surface area contributed by atoms with Gasteiger partial charge in [-0.1, -0.05) is 19.0 Å². The van der Waals surface area contributed by atoms with Crippen molar-refractivity contribution in [2.75, 3.05) is 7.11 Å². The second-order valence-electron chi connectivity index (χ2n) is 3.94. The van der Waals surface area contributed by atoms with Gasteiger partial charge in [-0.2, -0.15) is 0 Å². The number of oxime groups is 1. The minimum absolute atomic E-state index is 0.0308. The van der Waals surface area contributed by atoms with Gasteiger partial charge in [0.2, 0.25) is 0 Å². The van der Waals surface area contributed by atoms with Gasteiger partial charge in [0, 0.05) is 11.6 Å². The van der Waals surface area contributed by atoms with Crippen molar-refractivity contribution in [3.63, 3.8) is 0 Å². The molecule has 0 aliphatic rings. The van der Waals surface area contributed by atoms with E-state index in [0.29, 0.717) is 17.1 Å². The number of rotatable bonds is 6. The second kappa shape index (κ2) is 6.74. The van der Waals surface area contributed by atoms with Gasteiger partial charge in [-0.15, -0.1) is 0 Å². The number of hydrogen-bond acceptors (Lipinski definition) is 4. The Bertz CT molecular complexity index is 415. The van der Waals surface area contributed by atoms with Crippen LogP contribution in [0.1, 0.15) is 32.3 Å². The fourth-order valence-electron chi connectivity index (χ4n) is 1.61. The summed E-state index contributed by atoms with van der Waals surface area (Å²) in [4.78, 5) is 0. The minimum Gasteiger partial charge on any atom is -0.497 e. The zero-order chi connectivity index (χ0) is 13.5. The Morgan fingerprint density at radius 3 is 2.39 bits per heavy atom. The zero-order valence-corrected chi connectivity index (χ0v) is 11.0. The highest BCUT2D eigenvalue weighted by Crippen LogP contribution is 2.24. The van der Waals surface area contributed by atoms with E-state index in [-0.39, 0.29) is 11.9 Å². The summed E-state index contributed by atoms with van der Waals surface area (Å²) in [5.74, 6) is 1.30. The van der Waals surface area contributed by atoms with Crippen LogP contribution in [0, 0.1) is 0 Å². The van der Waals surface area contributed by atoms with Gasteiger partial charge in [-0.25, -0.2) is 0 Å². The molecule has 3 N–H and O–H groups in total. The first kappa shape index (κ1) is 14.2. The van der Waals surface area contributed by atoms with Gasteiger partial charge in [-0.05, 0) is 25.0 Å². The van der Waals surface area contributed by atoms with Crippen molar-refractivity contribution in [3.8, 4) is 11.5 Å². The van der Waals surface area contributed by atoms with Crippen molar-refractivity contribution < 1.29 is 14.7 Å². The van der Waals surface area contributed by atoms with Crippen LogP contribution < -0.4 is 15.2 Å². The molecule has 0 aromatic heterocycles. The molecule has 0 radical (unpaired) electrons. The van der Waals surface area contributed by atoms with Crippen LogP contribution in [-0.2, 0) is 0 Å². The van der Waals surface area contributed by atoms with E-state index in [1.165, 1.54) is 0 Å². The molecule has 5 heteroatoms. The molecule has 0 fully saturated rings. The zero-order valence-electron chi connectivity index (χ0n) is 11.0. The van der Waals surface area contributed by atoms with Gasteiger partial charge in [0.05, 0.1) is 13.2 Å². The molecule has 0 unspecified atom stereocenters. The molecule has 0 aliphatic heterocycles. The second-order valence-corrected chi connectivity index (χ2v) is 3.94. The van der Waals surface area contributed by atoms with Gasteiger partial charge in [0.1, 0.15) is 11.5 Å². The van der Waals surface area contributed by atoms with Crippen LogP contribution in [0.15, 0.2) is 23.4 Å². The average Bonchev–Trinajstić information content (AvgIpc) is 2.43. The summed E-state index contributed by atoms with van der Waals surface area (Å²) in [7, 11) is 1.56. The Hall–Kier alpha value is -1.91. The van der Waals surface area contributed by atoms with E-state index in [2.05, 4.69) is 19.0 Å². The number of hydrogen-bond donors (Lipinski definition) is 2. The van der Waals surface area contributed by atoms with E-state index in [4.69, 9.17) is 20.4 Å². The maximum Gasteiger partial charge on any atom is 0.170 e. The number of amidine groups is 1.